The number of amides is 1. The second-order valence-corrected chi connectivity index (χ2v) is 5.17. The molecule has 0 bridgehead atoms. The van der Waals surface area contributed by atoms with Gasteiger partial charge in [-0.05, 0) is 34.0 Å². The second-order valence-electron chi connectivity index (χ2n) is 4.25. The van der Waals surface area contributed by atoms with Gasteiger partial charge in [-0.3, -0.25) is 9.78 Å². The Hall–Kier alpha value is -1.68. The van der Waals surface area contributed by atoms with Crippen molar-refractivity contribution in [3.8, 4) is 0 Å². The van der Waals surface area contributed by atoms with Crippen LogP contribution in [0.2, 0.25) is 0 Å². The summed E-state index contributed by atoms with van der Waals surface area (Å²) in [6, 6.07) is 11.6. The summed E-state index contributed by atoms with van der Waals surface area (Å²) in [4.78, 5) is 16.3. The number of nitrogens with zero attached hydrogens (tertiary/aromatic N) is 1. The molecule has 1 aromatic heterocycles. The number of halogens is 1. The number of hydrogen-bond donors (Lipinski definition) is 1. The molecule has 1 unspecified atom stereocenters. The highest BCUT2D eigenvalue weighted by Crippen LogP contribution is 2.22. The molecule has 1 atom stereocenters. The molecular formula is C15H15BrN2O. The van der Waals surface area contributed by atoms with Gasteiger partial charge in [0.25, 0.3) is 0 Å². The van der Waals surface area contributed by atoms with Crippen molar-refractivity contribution in [3.63, 3.8) is 0 Å². The number of carbonyl (C=O) groups is 1. The predicted octanol–water partition coefficient (Wildman–Crippen LogP) is 3.98. The Bertz CT molecular complexity index is 557. The van der Waals surface area contributed by atoms with E-state index >= 15 is 0 Å². The van der Waals surface area contributed by atoms with Crippen LogP contribution in [0.25, 0.3) is 0 Å². The number of aromatic nitrogens is 1. The number of anilines is 1. The predicted molar refractivity (Wildman–Crippen MR) is 80.0 cm³/mol. The molecule has 1 amide bonds. The Morgan fingerprint density at radius 2 is 2.05 bits per heavy atom. The Morgan fingerprint density at radius 3 is 2.68 bits per heavy atom. The maximum Gasteiger partial charge on any atom is 0.231 e. The monoisotopic (exact) mass is 318 g/mol. The van der Waals surface area contributed by atoms with Gasteiger partial charge in [-0.15, -0.1) is 0 Å². The van der Waals surface area contributed by atoms with Crippen molar-refractivity contribution in [1.29, 1.82) is 0 Å². The van der Waals surface area contributed by atoms with Gasteiger partial charge < -0.3 is 5.32 Å². The molecule has 0 saturated carbocycles. The lowest BCUT2D eigenvalue weighted by Gasteiger charge is -2.15. The van der Waals surface area contributed by atoms with Crippen LogP contribution >= 0.6 is 15.9 Å². The first-order chi connectivity index (χ1) is 9.20. The summed E-state index contributed by atoms with van der Waals surface area (Å²) >= 11 is 3.34. The number of pyridine rings is 1. The van der Waals surface area contributed by atoms with Crippen LogP contribution in [0, 0.1) is 0 Å². The van der Waals surface area contributed by atoms with Crippen LogP contribution in [-0.4, -0.2) is 10.9 Å². The third kappa shape index (κ3) is 3.64. The summed E-state index contributed by atoms with van der Waals surface area (Å²) in [7, 11) is 0. The van der Waals surface area contributed by atoms with E-state index in [-0.39, 0.29) is 11.8 Å². The van der Waals surface area contributed by atoms with Crippen molar-refractivity contribution in [2.75, 3.05) is 5.32 Å². The first kappa shape index (κ1) is 13.7. The summed E-state index contributed by atoms with van der Waals surface area (Å²) in [6.07, 6.45) is 4.09. The van der Waals surface area contributed by atoms with Crippen LogP contribution in [0.15, 0.2) is 53.3 Å². The SMILES string of the molecule is CCC(C(=O)Nc1cncc(Br)c1)c1ccccc1. The van der Waals surface area contributed by atoms with E-state index in [1.54, 1.807) is 12.4 Å². The maximum atomic E-state index is 12.3. The van der Waals surface area contributed by atoms with E-state index in [1.165, 1.54) is 0 Å². The number of rotatable bonds is 4. The number of nitrogens with one attached hydrogen (secondary N) is 1. The zero-order valence-corrected chi connectivity index (χ0v) is 12.2. The van der Waals surface area contributed by atoms with Crippen LogP contribution in [0.4, 0.5) is 5.69 Å². The van der Waals surface area contributed by atoms with Crippen molar-refractivity contribution in [2.24, 2.45) is 0 Å². The average Bonchev–Trinajstić information content (AvgIpc) is 2.41. The topological polar surface area (TPSA) is 42.0 Å². The van der Waals surface area contributed by atoms with Gasteiger partial charge >= 0.3 is 0 Å². The van der Waals surface area contributed by atoms with E-state index in [1.807, 2.05) is 43.3 Å². The summed E-state index contributed by atoms with van der Waals surface area (Å²) < 4.78 is 0.845. The summed E-state index contributed by atoms with van der Waals surface area (Å²) in [6.45, 7) is 2.01. The molecule has 0 aliphatic carbocycles. The minimum absolute atomic E-state index is 0.00593. The van der Waals surface area contributed by atoms with Crippen molar-refractivity contribution in [3.05, 3.63) is 58.8 Å². The molecule has 0 saturated heterocycles. The average molecular weight is 319 g/mol. The molecule has 0 aliphatic rings. The Labute approximate surface area is 121 Å². The molecule has 3 nitrogen and oxygen atoms in total. The van der Waals surface area contributed by atoms with Gasteiger partial charge in [0.15, 0.2) is 0 Å². The van der Waals surface area contributed by atoms with E-state index in [4.69, 9.17) is 0 Å². The Morgan fingerprint density at radius 1 is 1.32 bits per heavy atom. The second kappa shape index (κ2) is 6.48. The van der Waals surface area contributed by atoms with Crippen LogP contribution < -0.4 is 5.32 Å². The molecule has 1 N–H and O–H groups in total. The van der Waals surface area contributed by atoms with Gasteiger partial charge in [-0.25, -0.2) is 0 Å². The maximum absolute atomic E-state index is 12.3. The molecule has 0 spiro atoms. The zero-order chi connectivity index (χ0) is 13.7. The number of benzene rings is 1. The van der Waals surface area contributed by atoms with Crippen molar-refractivity contribution >= 4 is 27.5 Å². The van der Waals surface area contributed by atoms with E-state index in [0.29, 0.717) is 5.69 Å². The molecule has 4 heteroatoms. The largest absolute Gasteiger partial charge is 0.324 e. The van der Waals surface area contributed by atoms with E-state index in [0.717, 1.165) is 16.5 Å². The third-order valence-corrected chi connectivity index (χ3v) is 3.33. The standard InChI is InChI=1S/C15H15BrN2O/c1-2-14(11-6-4-3-5-7-11)15(19)18-13-8-12(16)9-17-10-13/h3-10,14H,2H2,1H3,(H,18,19). The third-order valence-electron chi connectivity index (χ3n) is 2.90. The van der Waals surface area contributed by atoms with Crippen molar-refractivity contribution in [2.45, 2.75) is 19.3 Å². The van der Waals surface area contributed by atoms with Crippen LogP contribution in [0.3, 0.4) is 0 Å². The summed E-state index contributed by atoms with van der Waals surface area (Å²) in [5, 5.41) is 2.90. The van der Waals surface area contributed by atoms with Gasteiger partial charge in [-0.2, -0.15) is 0 Å². The molecule has 2 aromatic rings. The van der Waals surface area contributed by atoms with E-state index < -0.39 is 0 Å². The van der Waals surface area contributed by atoms with Gasteiger partial charge in [0, 0.05) is 10.7 Å². The smallest absolute Gasteiger partial charge is 0.231 e. The molecule has 19 heavy (non-hydrogen) atoms. The fourth-order valence-corrected chi connectivity index (χ4v) is 2.33. The Balaban J connectivity index is 2.14. The Kier molecular flexibility index (Phi) is 4.68. The first-order valence-corrected chi connectivity index (χ1v) is 6.96. The lowest BCUT2D eigenvalue weighted by molar-refractivity contribution is -0.117. The molecule has 98 valence electrons. The normalized spacial score (nSPS) is 11.9. The minimum Gasteiger partial charge on any atom is -0.324 e. The van der Waals surface area contributed by atoms with Gasteiger partial charge in [0.1, 0.15) is 0 Å². The molecule has 1 heterocycles. The molecule has 0 radical (unpaired) electrons. The van der Waals surface area contributed by atoms with E-state index in [2.05, 4.69) is 26.2 Å². The highest BCUT2D eigenvalue weighted by atomic mass is 79.9. The molecule has 2 rings (SSSR count). The van der Waals surface area contributed by atoms with Gasteiger partial charge in [0.05, 0.1) is 17.8 Å². The van der Waals surface area contributed by atoms with Crippen LogP contribution in [0.1, 0.15) is 24.8 Å². The molecule has 0 aliphatic heterocycles. The van der Waals surface area contributed by atoms with Crippen LogP contribution in [0.5, 0.6) is 0 Å². The van der Waals surface area contributed by atoms with Crippen molar-refractivity contribution in [1.82, 2.24) is 4.98 Å². The summed E-state index contributed by atoms with van der Waals surface area (Å²) in [5.74, 6) is -0.145. The number of hydrogen-bond acceptors (Lipinski definition) is 2. The first-order valence-electron chi connectivity index (χ1n) is 6.17. The molecule has 1 aromatic carbocycles. The summed E-state index contributed by atoms with van der Waals surface area (Å²) in [5.41, 5.74) is 1.74. The zero-order valence-electron chi connectivity index (χ0n) is 10.6. The molecule has 0 fully saturated rings. The number of carbonyl (C=O) groups excluding carboxylic acids is 1. The van der Waals surface area contributed by atoms with Gasteiger partial charge in [0.2, 0.25) is 5.91 Å². The fraction of sp³-hybridized carbons (Fsp3) is 0.200. The quantitative estimate of drug-likeness (QED) is 0.926. The highest BCUT2D eigenvalue weighted by molar-refractivity contribution is 9.10. The molecular weight excluding hydrogens is 304 g/mol. The fourth-order valence-electron chi connectivity index (χ4n) is 1.97. The lowest BCUT2D eigenvalue weighted by Crippen LogP contribution is -2.20. The van der Waals surface area contributed by atoms with Gasteiger partial charge in [-0.1, -0.05) is 37.3 Å². The highest BCUT2D eigenvalue weighted by Gasteiger charge is 2.18. The lowest BCUT2D eigenvalue weighted by atomic mass is 9.95. The minimum atomic E-state index is -0.139. The van der Waals surface area contributed by atoms with Crippen molar-refractivity contribution < 1.29 is 4.79 Å². The van der Waals surface area contributed by atoms with Crippen LogP contribution in [-0.2, 0) is 4.79 Å². The van der Waals surface area contributed by atoms with E-state index in [9.17, 15) is 4.79 Å².